The van der Waals surface area contributed by atoms with Crippen LogP contribution in [0.2, 0.25) is 0 Å². The lowest BCUT2D eigenvalue weighted by Gasteiger charge is -2.19. The van der Waals surface area contributed by atoms with Crippen molar-refractivity contribution in [3.8, 4) is 11.3 Å². The first-order valence-electron chi connectivity index (χ1n) is 11.3. The molecule has 4 rings (SSSR count). The summed E-state index contributed by atoms with van der Waals surface area (Å²) in [4.78, 5) is 18.3. The summed E-state index contributed by atoms with van der Waals surface area (Å²) in [5, 5.41) is 4.13. The van der Waals surface area contributed by atoms with Gasteiger partial charge in [-0.2, -0.15) is 0 Å². The summed E-state index contributed by atoms with van der Waals surface area (Å²) in [6.07, 6.45) is 0.820. The number of aromatic nitrogens is 1. The Morgan fingerprint density at radius 1 is 0.906 bits per heavy atom. The molecule has 3 aromatic carbocycles. The van der Waals surface area contributed by atoms with E-state index in [1.165, 1.54) is 11.1 Å². The number of nitrogens with one attached hydrogen (secondary N) is 1. The zero-order valence-electron chi connectivity index (χ0n) is 19.2. The third kappa shape index (κ3) is 4.57. The van der Waals surface area contributed by atoms with E-state index in [1.807, 2.05) is 42.5 Å². The van der Waals surface area contributed by atoms with Crippen LogP contribution in [-0.2, 0) is 0 Å². The van der Waals surface area contributed by atoms with E-state index in [0.717, 1.165) is 34.1 Å². The molecule has 1 amide bonds. The number of para-hydroxylation sites is 1. The predicted molar refractivity (Wildman–Crippen MR) is 133 cm³/mol. The third-order valence-corrected chi connectivity index (χ3v) is 5.99. The van der Waals surface area contributed by atoms with Gasteiger partial charge in [0.1, 0.15) is 0 Å². The van der Waals surface area contributed by atoms with Gasteiger partial charge in [-0.25, -0.2) is 4.98 Å². The average Bonchev–Trinajstić information content (AvgIpc) is 2.81. The average molecular weight is 423 g/mol. The lowest BCUT2D eigenvalue weighted by molar-refractivity contribution is 0.0937. The van der Waals surface area contributed by atoms with Crippen LogP contribution < -0.4 is 5.32 Å². The van der Waals surface area contributed by atoms with E-state index in [9.17, 15) is 4.79 Å². The van der Waals surface area contributed by atoms with Gasteiger partial charge in [0, 0.05) is 10.9 Å². The van der Waals surface area contributed by atoms with E-state index in [0.29, 0.717) is 11.5 Å². The van der Waals surface area contributed by atoms with Crippen molar-refractivity contribution in [2.45, 2.75) is 46.1 Å². The second kappa shape index (κ2) is 9.35. The van der Waals surface area contributed by atoms with Gasteiger partial charge in [0.15, 0.2) is 0 Å². The summed E-state index contributed by atoms with van der Waals surface area (Å²) < 4.78 is 0. The number of nitrogens with zero attached hydrogens (tertiary/aromatic N) is 1. The molecule has 0 fully saturated rings. The Morgan fingerprint density at radius 3 is 2.31 bits per heavy atom. The van der Waals surface area contributed by atoms with Crippen LogP contribution in [0.3, 0.4) is 0 Å². The maximum absolute atomic E-state index is 13.5. The van der Waals surface area contributed by atoms with Gasteiger partial charge in [0.05, 0.1) is 22.8 Å². The van der Waals surface area contributed by atoms with Crippen molar-refractivity contribution in [2.24, 2.45) is 0 Å². The molecular formula is C29H30N2O. The molecule has 0 aliphatic heterocycles. The predicted octanol–water partition coefficient (Wildman–Crippen LogP) is 7.21. The van der Waals surface area contributed by atoms with Crippen molar-refractivity contribution in [3.05, 3.63) is 101 Å². The molecule has 4 aromatic rings. The first kappa shape index (κ1) is 21.8. The number of benzene rings is 3. The standard InChI is InChI=1S/C29H30N2O/c1-5-26(22-15-13-21(14-16-22)19(2)3)31-29(32)25-18-28(23-10-8-9-20(4)17-23)30-27-12-7-6-11-24(25)27/h6-19,26H,5H2,1-4H3,(H,31,32)/t26-/m1/s1. The molecular weight excluding hydrogens is 392 g/mol. The Bertz CT molecular complexity index is 1240. The molecule has 0 radical (unpaired) electrons. The molecule has 0 saturated heterocycles. The molecule has 3 nitrogen and oxygen atoms in total. The Hall–Kier alpha value is -3.46. The van der Waals surface area contributed by atoms with Gasteiger partial charge in [-0.3, -0.25) is 4.79 Å². The van der Waals surface area contributed by atoms with E-state index in [1.54, 1.807) is 0 Å². The highest BCUT2D eigenvalue weighted by Gasteiger charge is 2.18. The molecule has 0 spiro atoms. The van der Waals surface area contributed by atoms with E-state index < -0.39 is 0 Å². The van der Waals surface area contributed by atoms with Gasteiger partial charge in [-0.1, -0.05) is 87.0 Å². The minimum Gasteiger partial charge on any atom is -0.345 e. The fraction of sp³-hybridized carbons (Fsp3) is 0.241. The number of hydrogen-bond donors (Lipinski definition) is 1. The second-order valence-corrected chi connectivity index (χ2v) is 8.70. The van der Waals surface area contributed by atoms with Crippen LogP contribution in [0.25, 0.3) is 22.2 Å². The summed E-state index contributed by atoms with van der Waals surface area (Å²) in [6.45, 7) is 8.54. The number of rotatable bonds is 6. The smallest absolute Gasteiger partial charge is 0.252 e. The van der Waals surface area contributed by atoms with Gasteiger partial charge >= 0.3 is 0 Å². The first-order chi connectivity index (χ1) is 15.5. The number of carbonyl (C=O) groups is 1. The molecule has 1 aromatic heterocycles. The highest BCUT2D eigenvalue weighted by Crippen LogP contribution is 2.27. The lowest BCUT2D eigenvalue weighted by Crippen LogP contribution is -2.28. The molecule has 0 saturated carbocycles. The van der Waals surface area contributed by atoms with E-state index >= 15 is 0 Å². The number of carbonyl (C=O) groups excluding carboxylic acids is 1. The van der Waals surface area contributed by atoms with Gasteiger partial charge in [0.25, 0.3) is 5.91 Å². The zero-order chi connectivity index (χ0) is 22.7. The van der Waals surface area contributed by atoms with Crippen LogP contribution in [0.1, 0.15) is 66.2 Å². The zero-order valence-corrected chi connectivity index (χ0v) is 19.2. The summed E-state index contributed by atoms with van der Waals surface area (Å²) >= 11 is 0. The molecule has 0 unspecified atom stereocenters. The highest BCUT2D eigenvalue weighted by atomic mass is 16.1. The number of aryl methyl sites for hydroxylation is 1. The van der Waals surface area contributed by atoms with Gasteiger partial charge in [0.2, 0.25) is 0 Å². The summed E-state index contributed by atoms with van der Waals surface area (Å²) in [5.74, 6) is 0.416. The fourth-order valence-corrected chi connectivity index (χ4v) is 4.09. The monoisotopic (exact) mass is 422 g/mol. The molecule has 1 heterocycles. The van der Waals surface area contributed by atoms with E-state index in [4.69, 9.17) is 4.98 Å². The first-order valence-corrected chi connectivity index (χ1v) is 11.3. The van der Waals surface area contributed by atoms with Crippen LogP contribution in [0.5, 0.6) is 0 Å². The maximum atomic E-state index is 13.5. The molecule has 1 N–H and O–H groups in total. The SMILES string of the molecule is CC[C@@H](NC(=O)c1cc(-c2cccc(C)c2)nc2ccccc12)c1ccc(C(C)C)cc1. The van der Waals surface area contributed by atoms with Crippen molar-refractivity contribution in [1.82, 2.24) is 10.3 Å². The van der Waals surface area contributed by atoms with Gasteiger partial charge in [-0.05, 0) is 48.6 Å². The van der Waals surface area contributed by atoms with Crippen LogP contribution >= 0.6 is 0 Å². The Morgan fingerprint density at radius 2 is 1.62 bits per heavy atom. The van der Waals surface area contributed by atoms with Crippen LogP contribution in [0.15, 0.2) is 78.9 Å². The molecule has 162 valence electrons. The van der Waals surface area contributed by atoms with Crippen LogP contribution in [0.4, 0.5) is 0 Å². The second-order valence-electron chi connectivity index (χ2n) is 8.70. The minimum atomic E-state index is -0.0720. The molecule has 1 atom stereocenters. The Kier molecular flexibility index (Phi) is 6.36. The number of fused-ring (bicyclic) bond motifs is 1. The molecule has 32 heavy (non-hydrogen) atoms. The van der Waals surface area contributed by atoms with Crippen molar-refractivity contribution in [3.63, 3.8) is 0 Å². The number of pyridine rings is 1. The van der Waals surface area contributed by atoms with E-state index in [2.05, 4.69) is 69.4 Å². The van der Waals surface area contributed by atoms with Gasteiger partial charge in [-0.15, -0.1) is 0 Å². The normalized spacial score (nSPS) is 12.2. The van der Waals surface area contributed by atoms with Crippen LogP contribution in [0, 0.1) is 6.92 Å². The summed E-state index contributed by atoms with van der Waals surface area (Å²) in [5.41, 5.74) is 6.91. The minimum absolute atomic E-state index is 0.0435. The molecule has 0 aliphatic carbocycles. The molecule has 0 bridgehead atoms. The summed E-state index contributed by atoms with van der Waals surface area (Å²) in [6, 6.07) is 26.5. The van der Waals surface area contributed by atoms with Crippen molar-refractivity contribution in [2.75, 3.05) is 0 Å². The Balaban J connectivity index is 1.70. The van der Waals surface area contributed by atoms with Crippen LogP contribution in [-0.4, -0.2) is 10.9 Å². The highest BCUT2D eigenvalue weighted by molar-refractivity contribution is 6.07. The molecule has 0 aliphatic rings. The maximum Gasteiger partial charge on any atom is 0.252 e. The third-order valence-electron chi connectivity index (χ3n) is 5.99. The number of amides is 1. The Labute approximate surface area is 190 Å². The topological polar surface area (TPSA) is 42.0 Å². The van der Waals surface area contributed by atoms with Gasteiger partial charge < -0.3 is 5.32 Å². The van der Waals surface area contributed by atoms with Crippen molar-refractivity contribution >= 4 is 16.8 Å². The summed E-state index contributed by atoms with van der Waals surface area (Å²) in [7, 11) is 0. The fourth-order valence-electron chi connectivity index (χ4n) is 4.09. The largest absolute Gasteiger partial charge is 0.345 e. The van der Waals surface area contributed by atoms with Crippen molar-refractivity contribution in [1.29, 1.82) is 0 Å². The van der Waals surface area contributed by atoms with E-state index in [-0.39, 0.29) is 11.9 Å². The molecule has 3 heteroatoms. The number of hydrogen-bond acceptors (Lipinski definition) is 2. The quantitative estimate of drug-likeness (QED) is 0.356. The lowest BCUT2D eigenvalue weighted by atomic mass is 9.97. The van der Waals surface area contributed by atoms with Crippen molar-refractivity contribution < 1.29 is 4.79 Å².